The lowest BCUT2D eigenvalue weighted by molar-refractivity contribution is 0.198. The van der Waals surface area contributed by atoms with E-state index >= 15 is 0 Å². The monoisotopic (exact) mass is 435 g/mol. The molecule has 0 unspecified atom stereocenters. The highest BCUT2D eigenvalue weighted by atomic mass is 35.5. The van der Waals surface area contributed by atoms with Gasteiger partial charge in [-0.1, -0.05) is 29.3 Å². The van der Waals surface area contributed by atoms with Crippen LogP contribution in [0, 0.1) is 0 Å². The standard InChI is InChI=1S/C17H27Cl2N5O2S/c1-20-17(21-7-8-22-27(2,25)26)23-14-5-9-24(10-6-14)12-13-3-4-15(18)16(19)11-13/h3-4,11,14,22H,5-10,12H2,1-2H3,(H2,20,21,23). The molecule has 0 saturated carbocycles. The van der Waals surface area contributed by atoms with Crippen molar-refractivity contribution in [1.82, 2.24) is 20.3 Å². The minimum atomic E-state index is -3.16. The summed E-state index contributed by atoms with van der Waals surface area (Å²) in [6.45, 7) is 3.60. The van der Waals surface area contributed by atoms with Crippen LogP contribution in [-0.2, 0) is 16.6 Å². The van der Waals surface area contributed by atoms with Gasteiger partial charge in [0.1, 0.15) is 0 Å². The molecule has 0 radical (unpaired) electrons. The van der Waals surface area contributed by atoms with Gasteiger partial charge >= 0.3 is 0 Å². The van der Waals surface area contributed by atoms with Gasteiger partial charge in [-0.25, -0.2) is 13.1 Å². The lowest BCUT2D eigenvalue weighted by atomic mass is 10.0. The molecule has 0 atom stereocenters. The molecule has 1 aromatic carbocycles. The predicted molar refractivity (Wildman–Crippen MR) is 112 cm³/mol. The number of hydrogen-bond donors (Lipinski definition) is 3. The zero-order valence-electron chi connectivity index (χ0n) is 15.6. The Morgan fingerprint density at radius 1 is 1.22 bits per heavy atom. The number of benzene rings is 1. The maximum atomic E-state index is 11.1. The lowest BCUT2D eigenvalue weighted by Crippen LogP contribution is -2.49. The van der Waals surface area contributed by atoms with Crippen LogP contribution in [0.2, 0.25) is 10.0 Å². The maximum Gasteiger partial charge on any atom is 0.208 e. The second-order valence-electron chi connectivity index (χ2n) is 6.61. The Morgan fingerprint density at radius 3 is 2.52 bits per heavy atom. The average molecular weight is 436 g/mol. The van der Waals surface area contributed by atoms with E-state index in [1.807, 2.05) is 18.2 Å². The van der Waals surface area contributed by atoms with Crippen LogP contribution >= 0.6 is 23.2 Å². The number of nitrogens with zero attached hydrogens (tertiary/aromatic N) is 2. The topological polar surface area (TPSA) is 85.8 Å². The number of piperidine rings is 1. The number of halogens is 2. The second kappa shape index (κ2) is 10.5. The molecule has 1 heterocycles. The molecule has 0 spiro atoms. The number of guanidine groups is 1. The van der Waals surface area contributed by atoms with E-state index in [1.54, 1.807) is 7.05 Å². The van der Waals surface area contributed by atoms with E-state index in [1.165, 1.54) is 0 Å². The van der Waals surface area contributed by atoms with Gasteiger partial charge in [0, 0.05) is 45.8 Å². The summed E-state index contributed by atoms with van der Waals surface area (Å²) in [4.78, 5) is 6.59. The van der Waals surface area contributed by atoms with Crippen LogP contribution in [0.4, 0.5) is 0 Å². The summed E-state index contributed by atoms with van der Waals surface area (Å²) in [6, 6.07) is 6.10. The Balaban J connectivity index is 1.71. The van der Waals surface area contributed by atoms with E-state index in [9.17, 15) is 8.42 Å². The Morgan fingerprint density at radius 2 is 1.93 bits per heavy atom. The molecule has 1 aliphatic heterocycles. The first kappa shape index (κ1) is 22.2. The fourth-order valence-corrected chi connectivity index (χ4v) is 3.73. The third-order valence-electron chi connectivity index (χ3n) is 4.32. The van der Waals surface area contributed by atoms with Gasteiger partial charge in [0.05, 0.1) is 16.3 Å². The van der Waals surface area contributed by atoms with Gasteiger partial charge in [0.25, 0.3) is 0 Å². The van der Waals surface area contributed by atoms with Gasteiger partial charge in [0.15, 0.2) is 5.96 Å². The van der Waals surface area contributed by atoms with Gasteiger partial charge < -0.3 is 10.6 Å². The minimum absolute atomic E-state index is 0.321. The van der Waals surface area contributed by atoms with Crippen LogP contribution < -0.4 is 15.4 Å². The predicted octanol–water partition coefficient (Wildman–Crippen LogP) is 1.67. The third kappa shape index (κ3) is 8.23. The number of hydrogen-bond acceptors (Lipinski definition) is 4. The summed E-state index contributed by atoms with van der Waals surface area (Å²) in [5.74, 6) is 0.688. The molecule has 0 aromatic heterocycles. The first-order valence-electron chi connectivity index (χ1n) is 8.85. The van der Waals surface area contributed by atoms with Crippen LogP contribution in [0.25, 0.3) is 0 Å². The third-order valence-corrected chi connectivity index (χ3v) is 5.79. The van der Waals surface area contributed by atoms with Crippen LogP contribution in [0.15, 0.2) is 23.2 Å². The number of nitrogens with one attached hydrogen (secondary N) is 3. The van der Waals surface area contributed by atoms with Crippen LogP contribution in [0.5, 0.6) is 0 Å². The van der Waals surface area contributed by atoms with E-state index < -0.39 is 10.0 Å². The first-order chi connectivity index (χ1) is 12.8. The van der Waals surface area contributed by atoms with Gasteiger partial charge in [-0.2, -0.15) is 0 Å². The molecule has 7 nitrogen and oxygen atoms in total. The van der Waals surface area contributed by atoms with Crippen molar-refractivity contribution in [2.45, 2.75) is 25.4 Å². The van der Waals surface area contributed by atoms with Crippen LogP contribution in [-0.4, -0.2) is 64.8 Å². The molecule has 1 aromatic rings. The van der Waals surface area contributed by atoms with Crippen molar-refractivity contribution in [3.63, 3.8) is 0 Å². The van der Waals surface area contributed by atoms with Gasteiger partial charge in [-0.15, -0.1) is 0 Å². The zero-order valence-corrected chi connectivity index (χ0v) is 18.0. The summed E-state index contributed by atoms with van der Waals surface area (Å²) < 4.78 is 24.6. The molecule has 1 fully saturated rings. The van der Waals surface area contributed by atoms with E-state index in [0.29, 0.717) is 35.1 Å². The molecule has 2 rings (SSSR count). The molecule has 152 valence electrons. The summed E-state index contributed by atoms with van der Waals surface area (Å²) in [7, 11) is -1.46. The molecular weight excluding hydrogens is 409 g/mol. The molecule has 0 aliphatic carbocycles. The smallest absolute Gasteiger partial charge is 0.208 e. The normalized spacial score (nSPS) is 17.1. The molecule has 10 heteroatoms. The van der Waals surface area contributed by atoms with Crippen molar-refractivity contribution >= 4 is 39.2 Å². The first-order valence-corrected chi connectivity index (χ1v) is 11.5. The van der Waals surface area contributed by atoms with Crippen LogP contribution in [0.1, 0.15) is 18.4 Å². The van der Waals surface area contributed by atoms with E-state index in [4.69, 9.17) is 23.2 Å². The SMILES string of the molecule is CN=C(NCCNS(C)(=O)=O)NC1CCN(Cc2ccc(Cl)c(Cl)c2)CC1. The highest BCUT2D eigenvalue weighted by molar-refractivity contribution is 7.88. The molecular formula is C17H27Cl2N5O2S. The van der Waals surface area contributed by atoms with Crippen molar-refractivity contribution < 1.29 is 8.42 Å². The van der Waals surface area contributed by atoms with Crippen molar-refractivity contribution in [2.24, 2.45) is 4.99 Å². The summed E-state index contributed by atoms with van der Waals surface area (Å²) in [5, 5.41) is 7.69. The lowest BCUT2D eigenvalue weighted by Gasteiger charge is -2.33. The fraction of sp³-hybridized carbons (Fsp3) is 0.588. The summed E-state index contributed by atoms with van der Waals surface area (Å²) in [6.07, 6.45) is 3.15. The van der Waals surface area contributed by atoms with Crippen molar-refractivity contribution in [1.29, 1.82) is 0 Å². The van der Waals surface area contributed by atoms with Crippen molar-refractivity contribution in [2.75, 3.05) is 39.5 Å². The zero-order chi connectivity index (χ0) is 19.9. The molecule has 1 aliphatic rings. The van der Waals surface area contributed by atoms with Crippen LogP contribution in [0.3, 0.4) is 0 Å². The molecule has 0 bridgehead atoms. The summed E-state index contributed by atoms with van der Waals surface area (Å²) in [5.41, 5.74) is 1.16. The van der Waals surface area contributed by atoms with E-state index in [0.717, 1.165) is 44.3 Å². The van der Waals surface area contributed by atoms with E-state index in [-0.39, 0.29) is 0 Å². The average Bonchev–Trinajstić information content (AvgIpc) is 2.61. The number of likely N-dealkylation sites (tertiary alicyclic amines) is 1. The Labute approximate surface area is 171 Å². The number of sulfonamides is 1. The Bertz CT molecular complexity index is 750. The highest BCUT2D eigenvalue weighted by Gasteiger charge is 2.20. The quantitative estimate of drug-likeness (QED) is 0.344. The largest absolute Gasteiger partial charge is 0.355 e. The Hall–Kier alpha value is -1.06. The van der Waals surface area contributed by atoms with Gasteiger partial charge in [-0.05, 0) is 30.5 Å². The number of aliphatic imine (C=N–C) groups is 1. The number of rotatable bonds is 7. The Kier molecular flexibility index (Phi) is 8.62. The summed E-state index contributed by atoms with van der Waals surface area (Å²) >= 11 is 12.1. The molecule has 27 heavy (non-hydrogen) atoms. The minimum Gasteiger partial charge on any atom is -0.355 e. The maximum absolute atomic E-state index is 11.1. The van der Waals surface area contributed by atoms with Crippen molar-refractivity contribution in [3.05, 3.63) is 33.8 Å². The fourth-order valence-electron chi connectivity index (χ4n) is 2.94. The van der Waals surface area contributed by atoms with Crippen molar-refractivity contribution in [3.8, 4) is 0 Å². The van der Waals surface area contributed by atoms with Gasteiger partial charge in [-0.3, -0.25) is 9.89 Å². The molecule has 3 N–H and O–H groups in total. The van der Waals surface area contributed by atoms with Gasteiger partial charge in [0.2, 0.25) is 10.0 Å². The van der Waals surface area contributed by atoms with E-state index in [2.05, 4.69) is 25.2 Å². The molecule has 0 amide bonds. The second-order valence-corrected chi connectivity index (χ2v) is 9.26. The molecule has 1 saturated heterocycles. The highest BCUT2D eigenvalue weighted by Crippen LogP contribution is 2.24.